The fourth-order valence-electron chi connectivity index (χ4n) is 4.14. The van der Waals surface area contributed by atoms with Gasteiger partial charge in [0.15, 0.2) is 0 Å². The third-order valence-electron chi connectivity index (χ3n) is 5.56. The zero-order valence-electron chi connectivity index (χ0n) is 18.9. The number of nitrogens with one attached hydrogen (secondary N) is 1. The Morgan fingerprint density at radius 2 is 1.68 bits per heavy atom. The fraction of sp³-hybridized carbons (Fsp3) is 0.423. The van der Waals surface area contributed by atoms with Crippen molar-refractivity contribution in [1.82, 2.24) is 9.88 Å². The van der Waals surface area contributed by atoms with Crippen molar-refractivity contribution in [2.45, 2.75) is 38.4 Å². The molecule has 2 aromatic carbocycles. The van der Waals surface area contributed by atoms with Crippen LogP contribution in [0.5, 0.6) is 0 Å². The van der Waals surface area contributed by atoms with E-state index in [2.05, 4.69) is 72.3 Å². The highest BCUT2D eigenvalue weighted by Crippen LogP contribution is 2.39. The number of carbonyl (C=O) groups excluding carboxylic acids is 1. The molecule has 0 aliphatic carbocycles. The number of thioether (sulfide) groups is 1. The van der Waals surface area contributed by atoms with E-state index in [0.717, 1.165) is 31.6 Å². The molecule has 3 rings (SSSR count). The highest BCUT2D eigenvalue weighted by molar-refractivity contribution is 8.00. The van der Waals surface area contributed by atoms with Crippen LogP contribution in [0, 0.1) is 0 Å². The number of aromatic nitrogens is 1. The summed E-state index contributed by atoms with van der Waals surface area (Å²) in [5, 5.41) is 1.33. The molecule has 0 amide bonds. The lowest BCUT2D eigenvalue weighted by Crippen LogP contribution is -2.28. The lowest BCUT2D eigenvalue weighted by Gasteiger charge is -2.22. The Kier molecular flexibility index (Phi) is 9.04. The Morgan fingerprint density at radius 1 is 1.00 bits per heavy atom. The Morgan fingerprint density at radius 3 is 2.35 bits per heavy atom. The van der Waals surface area contributed by atoms with Crippen LogP contribution in [0.3, 0.4) is 0 Å². The predicted molar refractivity (Wildman–Crippen MR) is 132 cm³/mol. The molecule has 1 aromatic heterocycles. The first kappa shape index (κ1) is 23.4. The monoisotopic (exact) mass is 438 g/mol. The third kappa shape index (κ3) is 6.14. The molecular weight excluding hydrogens is 404 g/mol. The van der Waals surface area contributed by atoms with Gasteiger partial charge in [0.25, 0.3) is 0 Å². The fourth-order valence-corrected chi connectivity index (χ4v) is 5.27. The summed E-state index contributed by atoms with van der Waals surface area (Å²) in [6.45, 7) is 7.79. The molecule has 1 unspecified atom stereocenters. The molecule has 1 heterocycles. The molecular formula is C26H34N2O2S. The molecule has 0 spiro atoms. The van der Waals surface area contributed by atoms with Crippen LogP contribution in [0.25, 0.3) is 10.9 Å². The van der Waals surface area contributed by atoms with Crippen LogP contribution in [0.2, 0.25) is 0 Å². The van der Waals surface area contributed by atoms with E-state index < -0.39 is 0 Å². The van der Waals surface area contributed by atoms with Gasteiger partial charge >= 0.3 is 5.97 Å². The highest BCUT2D eigenvalue weighted by Gasteiger charge is 2.23. The van der Waals surface area contributed by atoms with Gasteiger partial charge in [-0.05, 0) is 49.5 Å². The number of esters is 1. The topological polar surface area (TPSA) is 45.3 Å². The van der Waals surface area contributed by atoms with Crippen LogP contribution in [-0.2, 0) is 16.0 Å². The number of hydrogen-bond acceptors (Lipinski definition) is 4. The van der Waals surface area contributed by atoms with Gasteiger partial charge in [-0.3, -0.25) is 4.79 Å². The van der Waals surface area contributed by atoms with Gasteiger partial charge in [-0.1, -0.05) is 62.4 Å². The SMILES string of the molecule is CCCN(CCC)CCc1c(C(SCC(=O)OC)c2ccccc2)[nH]c2ccccc12. The Hall–Kier alpha value is -2.24. The summed E-state index contributed by atoms with van der Waals surface area (Å²) in [4.78, 5) is 18.2. The van der Waals surface area contributed by atoms with Crippen LogP contribution in [-0.4, -0.2) is 48.4 Å². The average Bonchev–Trinajstić information content (AvgIpc) is 3.16. The lowest BCUT2D eigenvalue weighted by atomic mass is 10.0. The average molecular weight is 439 g/mol. The number of rotatable bonds is 12. The normalized spacial score (nSPS) is 12.4. The van der Waals surface area contributed by atoms with E-state index in [1.807, 2.05) is 6.07 Å². The van der Waals surface area contributed by atoms with Crippen LogP contribution < -0.4 is 0 Å². The molecule has 166 valence electrons. The molecule has 1 atom stereocenters. The maximum atomic E-state index is 11.9. The first-order valence-corrected chi connectivity index (χ1v) is 12.3. The van der Waals surface area contributed by atoms with E-state index in [-0.39, 0.29) is 11.2 Å². The van der Waals surface area contributed by atoms with Gasteiger partial charge in [-0.25, -0.2) is 0 Å². The van der Waals surface area contributed by atoms with Crippen molar-refractivity contribution in [3.63, 3.8) is 0 Å². The summed E-state index contributed by atoms with van der Waals surface area (Å²) in [6.07, 6.45) is 3.33. The van der Waals surface area contributed by atoms with Crippen molar-refractivity contribution in [2.75, 3.05) is 32.5 Å². The van der Waals surface area contributed by atoms with Crippen LogP contribution in [0.1, 0.15) is 48.8 Å². The van der Waals surface area contributed by atoms with Crippen LogP contribution in [0.15, 0.2) is 54.6 Å². The minimum atomic E-state index is -0.194. The molecule has 31 heavy (non-hydrogen) atoms. The summed E-state index contributed by atoms with van der Waals surface area (Å²) in [7, 11) is 1.45. The number of hydrogen-bond donors (Lipinski definition) is 1. The van der Waals surface area contributed by atoms with Gasteiger partial charge in [0.05, 0.1) is 18.1 Å². The van der Waals surface area contributed by atoms with Crippen molar-refractivity contribution in [1.29, 1.82) is 0 Å². The second-order valence-corrected chi connectivity index (χ2v) is 8.93. The van der Waals surface area contributed by atoms with Gasteiger partial charge in [0.1, 0.15) is 0 Å². The number of H-pyrrole nitrogens is 1. The summed E-state index contributed by atoms with van der Waals surface area (Å²) in [6, 6.07) is 19.0. The molecule has 0 radical (unpaired) electrons. The second kappa shape index (κ2) is 12.0. The van der Waals surface area contributed by atoms with Gasteiger partial charge in [0, 0.05) is 23.1 Å². The van der Waals surface area contributed by atoms with Gasteiger partial charge in [-0.2, -0.15) is 0 Å². The minimum absolute atomic E-state index is 0.0495. The number of nitrogens with zero attached hydrogens (tertiary/aromatic N) is 1. The molecule has 0 bridgehead atoms. The van der Waals surface area contributed by atoms with E-state index in [4.69, 9.17) is 4.74 Å². The molecule has 0 aliphatic rings. The minimum Gasteiger partial charge on any atom is -0.468 e. The Bertz CT molecular complexity index is 948. The zero-order valence-corrected chi connectivity index (χ0v) is 19.7. The van der Waals surface area contributed by atoms with Crippen LogP contribution in [0.4, 0.5) is 0 Å². The van der Waals surface area contributed by atoms with Crippen molar-refractivity contribution in [3.05, 3.63) is 71.4 Å². The van der Waals surface area contributed by atoms with E-state index in [1.165, 1.54) is 42.2 Å². The summed E-state index contributed by atoms with van der Waals surface area (Å²) in [5.41, 5.74) is 4.92. The van der Waals surface area contributed by atoms with E-state index in [1.54, 1.807) is 11.8 Å². The molecule has 0 fully saturated rings. The first-order valence-electron chi connectivity index (χ1n) is 11.2. The maximum Gasteiger partial charge on any atom is 0.315 e. The van der Waals surface area contributed by atoms with Crippen molar-refractivity contribution >= 4 is 28.6 Å². The summed E-state index contributed by atoms with van der Waals surface area (Å²) < 4.78 is 4.92. The standard InChI is InChI=1S/C26H34N2O2S/c1-4-16-28(17-5-2)18-15-22-21-13-9-10-14-23(21)27-25(22)26(31-19-24(29)30-3)20-11-7-6-8-12-20/h6-14,26-27H,4-5,15-19H2,1-3H3. The number of fused-ring (bicyclic) bond motifs is 1. The Labute approximate surface area is 190 Å². The van der Waals surface area contributed by atoms with Crippen LogP contribution >= 0.6 is 11.8 Å². The lowest BCUT2D eigenvalue weighted by molar-refractivity contribution is -0.137. The van der Waals surface area contributed by atoms with Crippen molar-refractivity contribution < 1.29 is 9.53 Å². The highest BCUT2D eigenvalue weighted by atomic mass is 32.2. The summed E-state index contributed by atoms with van der Waals surface area (Å²) >= 11 is 1.63. The molecule has 3 aromatic rings. The number of para-hydroxylation sites is 1. The van der Waals surface area contributed by atoms with E-state index in [9.17, 15) is 4.79 Å². The van der Waals surface area contributed by atoms with Gasteiger partial charge in [-0.15, -0.1) is 11.8 Å². The van der Waals surface area contributed by atoms with E-state index >= 15 is 0 Å². The van der Waals surface area contributed by atoms with E-state index in [0.29, 0.717) is 5.75 Å². The molecule has 4 nitrogen and oxygen atoms in total. The number of ether oxygens (including phenoxy) is 1. The number of aromatic amines is 1. The number of carbonyl (C=O) groups is 1. The molecule has 0 aliphatic heterocycles. The number of methoxy groups -OCH3 is 1. The zero-order chi connectivity index (χ0) is 22.1. The Balaban J connectivity index is 1.98. The molecule has 1 N–H and O–H groups in total. The molecule has 0 saturated heterocycles. The second-order valence-electron chi connectivity index (χ2n) is 7.83. The van der Waals surface area contributed by atoms with Crippen molar-refractivity contribution in [3.8, 4) is 0 Å². The van der Waals surface area contributed by atoms with Gasteiger partial charge in [0.2, 0.25) is 0 Å². The molecule has 5 heteroatoms. The van der Waals surface area contributed by atoms with Gasteiger partial charge < -0.3 is 14.6 Å². The predicted octanol–water partition coefficient (Wildman–Crippen LogP) is 5.83. The quantitative estimate of drug-likeness (QED) is 0.362. The largest absolute Gasteiger partial charge is 0.468 e. The first-order chi connectivity index (χ1) is 15.2. The summed E-state index contributed by atoms with van der Waals surface area (Å²) in [5.74, 6) is 0.128. The van der Waals surface area contributed by atoms with Crippen molar-refractivity contribution in [2.24, 2.45) is 0 Å². The number of benzene rings is 2. The smallest absolute Gasteiger partial charge is 0.315 e. The third-order valence-corrected chi connectivity index (χ3v) is 6.81. The maximum absolute atomic E-state index is 11.9. The molecule has 0 saturated carbocycles.